The molecule has 0 saturated carbocycles. The molecule has 6 heteroatoms. The topological polar surface area (TPSA) is 72.5 Å². The first-order valence-corrected chi connectivity index (χ1v) is 10.0. The summed E-state index contributed by atoms with van der Waals surface area (Å²) in [6.07, 6.45) is 3.05. The van der Waals surface area contributed by atoms with E-state index in [0.717, 1.165) is 30.4 Å². The van der Waals surface area contributed by atoms with Crippen LogP contribution in [0.3, 0.4) is 0 Å². The van der Waals surface area contributed by atoms with Crippen LogP contribution in [0.15, 0.2) is 53.4 Å². The van der Waals surface area contributed by atoms with E-state index >= 15 is 0 Å². The van der Waals surface area contributed by atoms with Crippen molar-refractivity contribution in [1.29, 1.82) is 0 Å². The van der Waals surface area contributed by atoms with Crippen LogP contribution < -0.4 is 10.1 Å². The maximum Gasteiger partial charge on any atom is 0.224 e. The molecule has 0 spiro atoms. The largest absolute Gasteiger partial charge is 0.494 e. The van der Waals surface area contributed by atoms with Gasteiger partial charge in [0, 0.05) is 18.4 Å². The van der Waals surface area contributed by atoms with Crippen molar-refractivity contribution in [3.63, 3.8) is 0 Å². The van der Waals surface area contributed by atoms with Crippen molar-refractivity contribution in [2.45, 2.75) is 31.1 Å². The molecule has 5 nitrogen and oxygen atoms in total. The van der Waals surface area contributed by atoms with Crippen molar-refractivity contribution < 1.29 is 17.9 Å². The van der Waals surface area contributed by atoms with E-state index in [2.05, 4.69) is 5.32 Å². The number of hydrogen-bond donors (Lipinski definition) is 1. The van der Waals surface area contributed by atoms with Crippen LogP contribution in [0.4, 0.5) is 5.69 Å². The van der Waals surface area contributed by atoms with Crippen LogP contribution >= 0.6 is 0 Å². The molecule has 2 aromatic rings. The molecular formula is C19H23NO4S. The Morgan fingerprint density at radius 3 is 2.44 bits per heavy atom. The second-order valence-corrected chi connectivity index (χ2v) is 7.98. The SMILES string of the molecule is Cc1cccc(OCCCCC(=O)Nc2ccc(S(C)(=O)=O)cc2)c1. The molecule has 0 saturated heterocycles. The van der Waals surface area contributed by atoms with Gasteiger partial charge in [0.15, 0.2) is 9.84 Å². The summed E-state index contributed by atoms with van der Waals surface area (Å²) in [6.45, 7) is 2.58. The molecule has 1 amide bonds. The summed E-state index contributed by atoms with van der Waals surface area (Å²) in [5, 5.41) is 2.76. The van der Waals surface area contributed by atoms with E-state index in [9.17, 15) is 13.2 Å². The van der Waals surface area contributed by atoms with Crippen LogP contribution in [0.2, 0.25) is 0 Å². The van der Waals surface area contributed by atoms with Gasteiger partial charge in [-0.05, 0) is 61.7 Å². The minimum absolute atomic E-state index is 0.0948. The summed E-state index contributed by atoms with van der Waals surface area (Å²) >= 11 is 0. The molecule has 0 aliphatic heterocycles. The van der Waals surface area contributed by atoms with Crippen molar-refractivity contribution in [2.75, 3.05) is 18.2 Å². The molecule has 0 unspecified atom stereocenters. The van der Waals surface area contributed by atoms with E-state index in [1.54, 1.807) is 12.1 Å². The summed E-state index contributed by atoms with van der Waals surface area (Å²) in [5.74, 6) is 0.748. The number of anilines is 1. The van der Waals surface area contributed by atoms with Crippen LogP contribution in [-0.2, 0) is 14.6 Å². The molecule has 0 atom stereocenters. The van der Waals surface area contributed by atoms with E-state index in [-0.39, 0.29) is 10.8 Å². The first kappa shape index (κ1) is 19.0. The van der Waals surface area contributed by atoms with Crippen LogP contribution in [0.5, 0.6) is 5.75 Å². The minimum atomic E-state index is -3.22. The first-order valence-electron chi connectivity index (χ1n) is 8.14. The van der Waals surface area contributed by atoms with Crippen LogP contribution in [-0.4, -0.2) is 27.2 Å². The van der Waals surface area contributed by atoms with Crippen LogP contribution in [0.25, 0.3) is 0 Å². The number of amides is 1. The van der Waals surface area contributed by atoms with Crippen LogP contribution in [0.1, 0.15) is 24.8 Å². The predicted octanol–water partition coefficient (Wildman–Crippen LogP) is 3.59. The summed E-state index contributed by atoms with van der Waals surface area (Å²) in [4.78, 5) is 12.1. The summed E-state index contributed by atoms with van der Waals surface area (Å²) in [7, 11) is -3.22. The predicted molar refractivity (Wildman–Crippen MR) is 98.7 cm³/mol. The highest BCUT2D eigenvalue weighted by Gasteiger charge is 2.07. The van der Waals surface area contributed by atoms with Gasteiger partial charge in [0.1, 0.15) is 5.75 Å². The lowest BCUT2D eigenvalue weighted by molar-refractivity contribution is -0.116. The average Bonchev–Trinajstić information content (AvgIpc) is 2.54. The highest BCUT2D eigenvalue weighted by atomic mass is 32.2. The molecular weight excluding hydrogens is 338 g/mol. The lowest BCUT2D eigenvalue weighted by Crippen LogP contribution is -2.11. The quantitative estimate of drug-likeness (QED) is 0.729. The lowest BCUT2D eigenvalue weighted by atomic mass is 10.2. The number of nitrogens with one attached hydrogen (secondary N) is 1. The fourth-order valence-electron chi connectivity index (χ4n) is 2.29. The van der Waals surface area contributed by atoms with Crippen molar-refractivity contribution in [2.24, 2.45) is 0 Å². The van der Waals surface area contributed by atoms with Gasteiger partial charge in [-0.3, -0.25) is 4.79 Å². The number of sulfone groups is 1. The van der Waals surface area contributed by atoms with Crippen molar-refractivity contribution in [3.05, 3.63) is 54.1 Å². The van der Waals surface area contributed by atoms with Crippen molar-refractivity contribution >= 4 is 21.4 Å². The third-order valence-electron chi connectivity index (χ3n) is 3.62. The maximum atomic E-state index is 11.9. The van der Waals surface area contributed by atoms with Gasteiger partial charge in [-0.2, -0.15) is 0 Å². The molecule has 0 radical (unpaired) electrons. The van der Waals surface area contributed by atoms with Gasteiger partial charge in [-0.1, -0.05) is 12.1 Å². The Kier molecular flexibility index (Phi) is 6.58. The number of ether oxygens (including phenoxy) is 1. The fourth-order valence-corrected chi connectivity index (χ4v) is 2.92. The molecule has 0 fully saturated rings. The van der Waals surface area contributed by atoms with Gasteiger partial charge < -0.3 is 10.1 Å². The van der Waals surface area contributed by atoms with E-state index in [0.29, 0.717) is 18.7 Å². The van der Waals surface area contributed by atoms with E-state index < -0.39 is 9.84 Å². The monoisotopic (exact) mass is 361 g/mol. The number of unbranched alkanes of at least 4 members (excludes halogenated alkanes) is 1. The molecule has 0 bridgehead atoms. The Balaban J connectivity index is 1.68. The van der Waals surface area contributed by atoms with Crippen LogP contribution in [0, 0.1) is 6.92 Å². The second-order valence-electron chi connectivity index (χ2n) is 5.97. The fraction of sp³-hybridized carbons (Fsp3) is 0.316. The number of carbonyl (C=O) groups is 1. The van der Waals surface area contributed by atoms with Gasteiger partial charge in [0.2, 0.25) is 5.91 Å². The zero-order valence-electron chi connectivity index (χ0n) is 14.5. The number of benzene rings is 2. The van der Waals surface area contributed by atoms with Crippen molar-refractivity contribution in [1.82, 2.24) is 0 Å². The zero-order chi connectivity index (χ0) is 18.3. The van der Waals surface area contributed by atoms with Crippen molar-refractivity contribution in [3.8, 4) is 5.75 Å². The highest BCUT2D eigenvalue weighted by molar-refractivity contribution is 7.90. The standard InChI is InChI=1S/C19H23NO4S/c1-15-6-5-7-17(14-15)24-13-4-3-8-19(21)20-16-9-11-18(12-10-16)25(2,22)23/h5-7,9-12,14H,3-4,8,13H2,1-2H3,(H,20,21). The number of rotatable bonds is 8. The Labute approximate surface area is 148 Å². The Morgan fingerprint density at radius 1 is 1.08 bits per heavy atom. The molecule has 1 N–H and O–H groups in total. The molecule has 2 rings (SSSR count). The van der Waals surface area contributed by atoms with Gasteiger partial charge >= 0.3 is 0 Å². The Bertz CT molecular complexity index is 814. The maximum absolute atomic E-state index is 11.9. The van der Waals surface area contributed by atoms with Gasteiger partial charge in [0.05, 0.1) is 11.5 Å². The minimum Gasteiger partial charge on any atom is -0.494 e. The van der Waals surface area contributed by atoms with E-state index in [4.69, 9.17) is 4.74 Å². The number of aryl methyl sites for hydroxylation is 1. The molecule has 0 aliphatic rings. The van der Waals surface area contributed by atoms with Gasteiger partial charge in [-0.25, -0.2) is 8.42 Å². The number of carbonyl (C=O) groups excluding carboxylic acids is 1. The third kappa shape index (κ3) is 6.58. The Hall–Kier alpha value is -2.34. The molecule has 2 aromatic carbocycles. The molecule has 0 aromatic heterocycles. The lowest BCUT2D eigenvalue weighted by Gasteiger charge is -2.08. The average molecular weight is 361 g/mol. The highest BCUT2D eigenvalue weighted by Crippen LogP contribution is 2.15. The first-order chi connectivity index (χ1) is 11.8. The summed E-state index contributed by atoms with van der Waals surface area (Å²) in [5.41, 5.74) is 1.74. The van der Waals surface area contributed by atoms with E-state index in [1.165, 1.54) is 12.1 Å². The smallest absolute Gasteiger partial charge is 0.224 e. The van der Waals surface area contributed by atoms with Gasteiger partial charge in [-0.15, -0.1) is 0 Å². The molecule has 134 valence electrons. The summed E-state index contributed by atoms with van der Waals surface area (Å²) < 4.78 is 28.4. The molecule has 0 heterocycles. The summed E-state index contributed by atoms with van der Waals surface area (Å²) in [6, 6.07) is 14.0. The third-order valence-corrected chi connectivity index (χ3v) is 4.75. The normalized spacial score (nSPS) is 11.1. The van der Waals surface area contributed by atoms with E-state index in [1.807, 2.05) is 31.2 Å². The zero-order valence-corrected chi connectivity index (χ0v) is 15.3. The number of hydrogen-bond acceptors (Lipinski definition) is 4. The Morgan fingerprint density at radius 2 is 1.80 bits per heavy atom. The molecule has 25 heavy (non-hydrogen) atoms. The second kappa shape index (κ2) is 8.67. The molecule has 0 aliphatic carbocycles. The van der Waals surface area contributed by atoms with Gasteiger partial charge in [0.25, 0.3) is 0 Å².